The molecule has 2 amide bonds. The summed E-state index contributed by atoms with van der Waals surface area (Å²) in [5, 5.41) is 6.13. The van der Waals surface area contributed by atoms with Gasteiger partial charge in [-0.2, -0.15) is 0 Å². The summed E-state index contributed by atoms with van der Waals surface area (Å²) in [4.78, 5) is 52.1. The molecule has 11 heteroatoms. The molecule has 3 rings (SSSR count). The first-order valence-corrected chi connectivity index (χ1v) is 14.7. The van der Waals surface area contributed by atoms with Gasteiger partial charge in [0.1, 0.15) is 11.6 Å². The SMILES string of the molecule is COC(=O)C(Cc1ccc(NC(=O)c2c(Cl)cc(Cl)cc2Cl)cc1)NC(=O)[C@H]1CC[C@@](C)(C(=O)OC(C)(C)C)C1(C)C. The second kappa shape index (κ2) is 12.8. The first kappa shape index (κ1) is 33.7. The molecular weight excluding hydrogens is 603 g/mol. The third-order valence-electron chi connectivity index (χ3n) is 8.08. The Hall–Kier alpha value is -2.81. The highest BCUT2D eigenvalue weighted by Crippen LogP contribution is 2.57. The molecule has 2 N–H and O–H groups in total. The highest BCUT2D eigenvalue weighted by Gasteiger charge is 2.59. The van der Waals surface area contributed by atoms with Crippen molar-refractivity contribution in [3.05, 3.63) is 62.6 Å². The second-order valence-corrected chi connectivity index (χ2v) is 13.6. The lowest BCUT2D eigenvalue weighted by atomic mass is 9.65. The van der Waals surface area contributed by atoms with Crippen LogP contribution in [0.25, 0.3) is 0 Å². The van der Waals surface area contributed by atoms with Gasteiger partial charge in [0.2, 0.25) is 5.91 Å². The Labute approximate surface area is 261 Å². The number of esters is 2. The maximum Gasteiger partial charge on any atom is 0.328 e. The molecule has 1 saturated carbocycles. The summed E-state index contributed by atoms with van der Waals surface area (Å²) < 4.78 is 10.7. The fourth-order valence-electron chi connectivity index (χ4n) is 5.24. The Bertz CT molecular complexity index is 1350. The molecule has 0 radical (unpaired) electrons. The van der Waals surface area contributed by atoms with E-state index in [4.69, 9.17) is 44.3 Å². The fraction of sp³-hybridized carbons (Fsp3) is 0.484. The van der Waals surface area contributed by atoms with Crippen LogP contribution in [-0.2, 0) is 30.3 Å². The molecule has 2 aromatic rings. The van der Waals surface area contributed by atoms with Crippen LogP contribution in [0.3, 0.4) is 0 Å². The number of hydrogen-bond donors (Lipinski definition) is 2. The average Bonchev–Trinajstić information content (AvgIpc) is 3.12. The average molecular weight is 640 g/mol. The van der Waals surface area contributed by atoms with Crippen LogP contribution in [0, 0.1) is 16.7 Å². The Morgan fingerprint density at radius 3 is 2.10 bits per heavy atom. The van der Waals surface area contributed by atoms with Crippen molar-refractivity contribution in [1.29, 1.82) is 0 Å². The monoisotopic (exact) mass is 638 g/mol. The number of hydrogen-bond acceptors (Lipinski definition) is 6. The smallest absolute Gasteiger partial charge is 0.328 e. The number of rotatable bonds is 8. The number of anilines is 1. The molecular formula is C31H37Cl3N2O6. The van der Waals surface area contributed by atoms with E-state index in [-0.39, 0.29) is 33.9 Å². The molecule has 0 bridgehead atoms. The van der Waals surface area contributed by atoms with Crippen molar-refractivity contribution in [2.24, 2.45) is 16.7 Å². The zero-order chi connectivity index (χ0) is 31.6. The van der Waals surface area contributed by atoms with E-state index >= 15 is 0 Å². The molecule has 3 atom stereocenters. The summed E-state index contributed by atoms with van der Waals surface area (Å²) in [5.74, 6) is -2.30. The molecule has 0 aromatic heterocycles. The molecule has 0 aliphatic heterocycles. The molecule has 228 valence electrons. The van der Waals surface area contributed by atoms with E-state index in [0.29, 0.717) is 23.6 Å². The van der Waals surface area contributed by atoms with Crippen LogP contribution < -0.4 is 10.6 Å². The van der Waals surface area contributed by atoms with Crippen molar-refractivity contribution < 1.29 is 28.7 Å². The van der Waals surface area contributed by atoms with Crippen molar-refractivity contribution in [1.82, 2.24) is 5.32 Å². The van der Waals surface area contributed by atoms with Crippen LogP contribution in [0.15, 0.2) is 36.4 Å². The highest BCUT2D eigenvalue weighted by atomic mass is 35.5. The molecule has 1 aliphatic rings. The van der Waals surface area contributed by atoms with Gasteiger partial charge in [0.25, 0.3) is 5.91 Å². The van der Waals surface area contributed by atoms with Crippen molar-refractivity contribution in [3.63, 3.8) is 0 Å². The number of ether oxygens (including phenoxy) is 2. The van der Waals surface area contributed by atoms with Gasteiger partial charge in [0, 0.05) is 23.0 Å². The third kappa shape index (κ3) is 7.39. The van der Waals surface area contributed by atoms with E-state index in [1.54, 1.807) is 24.3 Å². The topological polar surface area (TPSA) is 111 Å². The highest BCUT2D eigenvalue weighted by molar-refractivity contribution is 6.42. The Balaban J connectivity index is 1.71. The molecule has 1 fully saturated rings. The standard InChI is InChI=1S/C31H37Cl3N2O6/c1-29(2,3)42-28(40)31(6)13-12-20(30(31,4)5)25(37)36-23(27(39)41-7)14-17-8-10-19(11-9-17)35-26(38)24-21(33)15-18(32)16-22(24)34/h8-11,15-16,20,23H,12-14H2,1-7H3,(H,35,38)(H,36,37)/t20-,23?,31+/m1/s1. The van der Waals surface area contributed by atoms with Gasteiger partial charge in [-0.05, 0) is 75.8 Å². The van der Waals surface area contributed by atoms with E-state index in [1.807, 2.05) is 41.5 Å². The molecule has 0 saturated heterocycles. The zero-order valence-electron chi connectivity index (χ0n) is 24.8. The molecule has 0 spiro atoms. The van der Waals surface area contributed by atoms with Gasteiger partial charge in [0.15, 0.2) is 0 Å². The number of halogens is 3. The molecule has 1 unspecified atom stereocenters. The predicted octanol–water partition coefficient (Wildman–Crippen LogP) is 6.88. The normalized spacial score (nSPS) is 20.4. The minimum absolute atomic E-state index is 0.0953. The molecule has 0 heterocycles. The molecule has 1 aliphatic carbocycles. The van der Waals surface area contributed by atoms with Gasteiger partial charge < -0.3 is 20.1 Å². The minimum Gasteiger partial charge on any atom is -0.467 e. The Morgan fingerprint density at radius 2 is 1.57 bits per heavy atom. The van der Waals surface area contributed by atoms with Crippen molar-refractivity contribution in [2.75, 3.05) is 12.4 Å². The first-order chi connectivity index (χ1) is 19.4. The van der Waals surface area contributed by atoms with Gasteiger partial charge in [-0.25, -0.2) is 4.79 Å². The second-order valence-electron chi connectivity index (χ2n) is 12.3. The van der Waals surface area contributed by atoms with Crippen LogP contribution in [0.5, 0.6) is 0 Å². The quantitative estimate of drug-likeness (QED) is 0.305. The van der Waals surface area contributed by atoms with Gasteiger partial charge in [0.05, 0.1) is 28.1 Å². The van der Waals surface area contributed by atoms with Crippen LogP contribution >= 0.6 is 34.8 Å². The lowest BCUT2D eigenvalue weighted by molar-refractivity contribution is -0.173. The molecule has 2 aromatic carbocycles. The van der Waals surface area contributed by atoms with Crippen LogP contribution in [0.4, 0.5) is 5.69 Å². The maximum atomic E-state index is 13.5. The maximum absolute atomic E-state index is 13.5. The number of nitrogens with one attached hydrogen (secondary N) is 2. The van der Waals surface area contributed by atoms with E-state index in [1.165, 1.54) is 19.2 Å². The number of carbonyl (C=O) groups is 4. The van der Waals surface area contributed by atoms with E-state index in [2.05, 4.69) is 10.6 Å². The van der Waals surface area contributed by atoms with Crippen LogP contribution in [-0.4, -0.2) is 42.5 Å². The van der Waals surface area contributed by atoms with Crippen LogP contribution in [0.2, 0.25) is 15.1 Å². The summed E-state index contributed by atoms with van der Waals surface area (Å²) in [6, 6.07) is 8.67. The number of methoxy groups -OCH3 is 1. The summed E-state index contributed by atoms with van der Waals surface area (Å²) in [6.45, 7) is 11.0. The van der Waals surface area contributed by atoms with Crippen molar-refractivity contribution in [2.45, 2.75) is 72.4 Å². The van der Waals surface area contributed by atoms with Gasteiger partial charge in [-0.15, -0.1) is 0 Å². The summed E-state index contributed by atoms with van der Waals surface area (Å²) in [5.41, 5.74) is -0.965. The minimum atomic E-state index is -0.959. The lowest BCUT2D eigenvalue weighted by Crippen LogP contribution is -2.51. The third-order valence-corrected chi connectivity index (χ3v) is 8.89. The molecule has 8 nitrogen and oxygen atoms in total. The van der Waals surface area contributed by atoms with Crippen molar-refractivity contribution in [3.8, 4) is 0 Å². The largest absolute Gasteiger partial charge is 0.467 e. The summed E-state index contributed by atoms with van der Waals surface area (Å²) in [7, 11) is 1.26. The molecule has 42 heavy (non-hydrogen) atoms. The fourth-order valence-corrected chi connectivity index (χ4v) is 6.22. The summed E-state index contributed by atoms with van der Waals surface area (Å²) >= 11 is 18.2. The first-order valence-electron chi connectivity index (χ1n) is 13.6. The summed E-state index contributed by atoms with van der Waals surface area (Å²) in [6.07, 6.45) is 1.10. The zero-order valence-corrected chi connectivity index (χ0v) is 27.1. The van der Waals surface area contributed by atoms with Crippen molar-refractivity contribution >= 4 is 64.2 Å². The number of carbonyl (C=O) groups excluding carboxylic acids is 4. The van der Waals surface area contributed by atoms with E-state index in [9.17, 15) is 19.2 Å². The van der Waals surface area contributed by atoms with Gasteiger partial charge >= 0.3 is 11.9 Å². The predicted molar refractivity (Wildman–Crippen MR) is 164 cm³/mol. The number of benzene rings is 2. The lowest BCUT2D eigenvalue weighted by Gasteiger charge is -2.40. The van der Waals surface area contributed by atoms with E-state index < -0.39 is 40.3 Å². The van der Waals surface area contributed by atoms with E-state index in [0.717, 1.165) is 5.56 Å². The number of amides is 2. The Morgan fingerprint density at radius 1 is 1.00 bits per heavy atom. The van der Waals surface area contributed by atoms with Gasteiger partial charge in [-0.1, -0.05) is 60.8 Å². The Kier molecular flexibility index (Phi) is 10.3. The van der Waals surface area contributed by atoms with Crippen LogP contribution in [0.1, 0.15) is 70.3 Å². The van der Waals surface area contributed by atoms with Gasteiger partial charge in [-0.3, -0.25) is 14.4 Å².